The third-order valence-electron chi connectivity index (χ3n) is 6.12. The molecule has 10 heteroatoms. The summed E-state index contributed by atoms with van der Waals surface area (Å²) < 4.78 is 1.75. The Kier molecular flexibility index (Phi) is 11.8. The summed E-state index contributed by atoms with van der Waals surface area (Å²) in [5.74, 6) is -1.94. The van der Waals surface area contributed by atoms with Gasteiger partial charge in [-0.15, -0.1) is 0 Å². The molecule has 0 atom stereocenters. The van der Waals surface area contributed by atoms with Gasteiger partial charge in [0, 0.05) is 33.2 Å². The molecule has 0 bridgehead atoms. The minimum Gasteiger partial charge on any atom is -0.349 e. The highest BCUT2D eigenvalue weighted by Crippen LogP contribution is 2.14. The van der Waals surface area contributed by atoms with Crippen LogP contribution in [0.5, 0.6) is 0 Å². The number of halogens is 2. The second-order valence-corrected chi connectivity index (χ2v) is 11.2. The van der Waals surface area contributed by atoms with Crippen LogP contribution in [0.25, 0.3) is 12.2 Å². The van der Waals surface area contributed by atoms with E-state index in [1.165, 1.54) is 0 Å². The molecule has 0 saturated heterocycles. The first-order valence-electron chi connectivity index (χ1n) is 13.5. The van der Waals surface area contributed by atoms with Gasteiger partial charge in [-0.25, -0.2) is 0 Å². The Hall–Kier alpha value is -4.80. The van der Waals surface area contributed by atoms with Gasteiger partial charge in [0.15, 0.2) is 0 Å². The molecule has 0 aliphatic heterocycles. The van der Waals surface area contributed by atoms with E-state index in [1.807, 2.05) is 24.3 Å². The molecule has 8 nitrogen and oxygen atoms in total. The van der Waals surface area contributed by atoms with Crippen LogP contribution in [-0.4, -0.2) is 36.7 Å². The quantitative estimate of drug-likeness (QED) is 0.118. The number of hydrogen-bond donors (Lipinski definition) is 4. The van der Waals surface area contributed by atoms with Gasteiger partial charge in [-0.1, -0.05) is 92.5 Å². The normalized spacial score (nSPS) is 11.3. The van der Waals surface area contributed by atoms with Gasteiger partial charge in [0.25, 0.3) is 23.6 Å². The van der Waals surface area contributed by atoms with E-state index in [2.05, 4.69) is 53.1 Å². The van der Waals surface area contributed by atoms with Crippen LogP contribution in [0.3, 0.4) is 0 Å². The summed E-state index contributed by atoms with van der Waals surface area (Å²) >= 11 is 6.78. The molecular weight excluding hydrogens is 688 g/mol. The summed E-state index contributed by atoms with van der Waals surface area (Å²) in [6.07, 6.45) is 3.14. The maximum atomic E-state index is 13.1. The Balaban J connectivity index is 1.42. The Morgan fingerprint density at radius 3 is 1.18 bits per heavy atom. The molecule has 0 spiro atoms. The lowest BCUT2D eigenvalue weighted by molar-refractivity contribution is -0.119. The SMILES string of the molecule is O=C(NCCNC(=O)/C(=C\c1ccc(Br)cc1)NC(=O)c1ccccc1)/C(=C\c1ccc(Br)cc1)NC(=O)c1ccccc1. The van der Waals surface area contributed by atoms with E-state index in [4.69, 9.17) is 0 Å². The third kappa shape index (κ3) is 9.89. The van der Waals surface area contributed by atoms with E-state index >= 15 is 0 Å². The molecule has 0 unspecified atom stereocenters. The molecule has 4 aromatic carbocycles. The zero-order valence-electron chi connectivity index (χ0n) is 23.4. The van der Waals surface area contributed by atoms with Gasteiger partial charge in [0.05, 0.1) is 0 Å². The summed E-state index contributed by atoms with van der Waals surface area (Å²) in [6.45, 7) is 0.114. The fourth-order valence-corrected chi connectivity index (χ4v) is 4.41. The van der Waals surface area contributed by atoms with Gasteiger partial charge >= 0.3 is 0 Å². The summed E-state index contributed by atoms with van der Waals surface area (Å²) in [5.41, 5.74) is 2.29. The number of rotatable bonds is 11. The topological polar surface area (TPSA) is 116 Å². The van der Waals surface area contributed by atoms with Crippen molar-refractivity contribution in [3.05, 3.63) is 152 Å². The summed E-state index contributed by atoms with van der Waals surface area (Å²) in [4.78, 5) is 51.9. The van der Waals surface area contributed by atoms with Crippen LogP contribution in [0, 0.1) is 0 Å². The van der Waals surface area contributed by atoms with Gasteiger partial charge < -0.3 is 21.3 Å². The van der Waals surface area contributed by atoms with Gasteiger partial charge in [-0.05, 0) is 71.8 Å². The molecule has 4 rings (SSSR count). The fraction of sp³-hybridized carbons (Fsp3) is 0.0588. The minimum atomic E-state index is -0.533. The van der Waals surface area contributed by atoms with Crippen molar-refractivity contribution < 1.29 is 19.2 Å². The van der Waals surface area contributed by atoms with Crippen molar-refractivity contribution >= 4 is 67.6 Å². The van der Waals surface area contributed by atoms with E-state index in [0.717, 1.165) is 8.95 Å². The zero-order valence-corrected chi connectivity index (χ0v) is 26.5. The van der Waals surface area contributed by atoms with Crippen LogP contribution >= 0.6 is 31.9 Å². The first-order chi connectivity index (χ1) is 21.3. The minimum absolute atomic E-state index is 0.0402. The van der Waals surface area contributed by atoms with Crippen molar-refractivity contribution in [2.24, 2.45) is 0 Å². The Bertz CT molecular complexity index is 1550. The molecule has 0 heterocycles. The number of hydrogen-bond acceptors (Lipinski definition) is 4. The van der Waals surface area contributed by atoms with E-state index in [-0.39, 0.29) is 24.5 Å². The molecule has 0 aliphatic carbocycles. The highest BCUT2D eigenvalue weighted by molar-refractivity contribution is 9.10. The second kappa shape index (κ2) is 16.2. The first kappa shape index (κ1) is 32.1. The molecule has 0 aromatic heterocycles. The smallest absolute Gasteiger partial charge is 0.267 e. The fourth-order valence-electron chi connectivity index (χ4n) is 3.88. The third-order valence-corrected chi connectivity index (χ3v) is 7.17. The molecule has 0 fully saturated rings. The van der Waals surface area contributed by atoms with Crippen molar-refractivity contribution in [3.8, 4) is 0 Å². The summed E-state index contributed by atoms with van der Waals surface area (Å²) in [6, 6.07) is 31.6. The van der Waals surface area contributed by atoms with Crippen molar-refractivity contribution in [2.45, 2.75) is 0 Å². The number of benzene rings is 4. The lowest BCUT2D eigenvalue weighted by Gasteiger charge is -2.13. The van der Waals surface area contributed by atoms with Crippen LogP contribution in [0.15, 0.2) is 130 Å². The first-order valence-corrected chi connectivity index (χ1v) is 15.1. The average molecular weight is 716 g/mol. The number of carbonyl (C=O) groups is 4. The van der Waals surface area contributed by atoms with Gasteiger partial charge in [-0.2, -0.15) is 0 Å². The van der Waals surface area contributed by atoms with Crippen LogP contribution in [0.2, 0.25) is 0 Å². The van der Waals surface area contributed by atoms with Crippen molar-refractivity contribution in [2.75, 3.05) is 13.1 Å². The number of amides is 4. The van der Waals surface area contributed by atoms with Crippen LogP contribution in [0.4, 0.5) is 0 Å². The van der Waals surface area contributed by atoms with Crippen LogP contribution in [0.1, 0.15) is 31.8 Å². The van der Waals surface area contributed by atoms with Crippen LogP contribution < -0.4 is 21.3 Å². The maximum absolute atomic E-state index is 13.1. The Labute approximate surface area is 271 Å². The molecule has 44 heavy (non-hydrogen) atoms. The molecule has 0 radical (unpaired) electrons. The summed E-state index contributed by atoms with van der Waals surface area (Å²) in [7, 11) is 0. The lowest BCUT2D eigenvalue weighted by atomic mass is 10.1. The number of carbonyl (C=O) groups excluding carboxylic acids is 4. The van der Waals surface area contributed by atoms with Gasteiger partial charge in [-0.3, -0.25) is 19.2 Å². The van der Waals surface area contributed by atoms with Crippen molar-refractivity contribution in [1.82, 2.24) is 21.3 Å². The predicted molar refractivity (Wildman–Crippen MR) is 178 cm³/mol. The molecule has 0 aliphatic rings. The van der Waals surface area contributed by atoms with Gasteiger partial charge in [0.2, 0.25) is 0 Å². The molecule has 0 saturated carbocycles. The zero-order chi connectivity index (χ0) is 31.3. The monoisotopic (exact) mass is 714 g/mol. The van der Waals surface area contributed by atoms with E-state index in [1.54, 1.807) is 97.1 Å². The molecule has 4 N–H and O–H groups in total. The van der Waals surface area contributed by atoms with Crippen LogP contribution in [-0.2, 0) is 9.59 Å². The Morgan fingerprint density at radius 1 is 0.500 bits per heavy atom. The summed E-state index contributed by atoms with van der Waals surface area (Å²) in [5, 5.41) is 10.8. The largest absolute Gasteiger partial charge is 0.349 e. The van der Waals surface area contributed by atoms with E-state index in [0.29, 0.717) is 22.3 Å². The van der Waals surface area contributed by atoms with Gasteiger partial charge in [0.1, 0.15) is 11.4 Å². The number of nitrogens with one attached hydrogen (secondary N) is 4. The maximum Gasteiger partial charge on any atom is 0.267 e. The molecule has 4 amide bonds. The predicted octanol–water partition coefficient (Wildman–Crippen LogP) is 5.69. The van der Waals surface area contributed by atoms with E-state index < -0.39 is 23.6 Å². The molecule has 222 valence electrons. The average Bonchev–Trinajstić information content (AvgIpc) is 3.05. The second-order valence-electron chi connectivity index (χ2n) is 9.37. The van der Waals surface area contributed by atoms with Crippen molar-refractivity contribution in [1.29, 1.82) is 0 Å². The highest BCUT2D eigenvalue weighted by Gasteiger charge is 2.17. The van der Waals surface area contributed by atoms with E-state index in [9.17, 15) is 19.2 Å². The standard InChI is InChI=1S/C34H28Br2N4O4/c35-27-15-11-23(12-16-27)21-29(39-31(41)25-7-3-1-4-8-25)33(43)37-19-20-38-34(44)30(22-24-13-17-28(36)18-14-24)40-32(42)26-9-5-2-6-10-26/h1-18,21-22H,19-20H2,(H,37,43)(H,38,44)(H,39,41)(H,40,42)/b29-21+,30-22+. The Morgan fingerprint density at radius 2 is 0.841 bits per heavy atom. The lowest BCUT2D eigenvalue weighted by Crippen LogP contribution is -2.41. The molecule has 4 aromatic rings. The molecular formula is C34H28Br2N4O4. The van der Waals surface area contributed by atoms with Crippen molar-refractivity contribution in [3.63, 3.8) is 0 Å². The highest BCUT2D eigenvalue weighted by atomic mass is 79.9.